The average Bonchev–Trinajstić information content (AvgIpc) is 2.82. The molecule has 0 unspecified atom stereocenters. The van der Waals surface area contributed by atoms with E-state index in [1.807, 2.05) is 13.8 Å². The predicted octanol–water partition coefficient (Wildman–Crippen LogP) is 4.16. The molecule has 2 aromatic rings. The molecule has 1 amide bonds. The molecule has 0 spiro atoms. The average molecular weight is 457 g/mol. The Kier molecular flexibility index (Phi) is 6.86. The van der Waals surface area contributed by atoms with E-state index in [0.717, 1.165) is 49.0 Å². The number of amides is 1. The Hall–Kier alpha value is -2.38. The van der Waals surface area contributed by atoms with Gasteiger partial charge in [0, 0.05) is 39.0 Å². The van der Waals surface area contributed by atoms with Gasteiger partial charge in [0.05, 0.1) is 10.5 Å². The minimum absolute atomic E-state index is 0.0480. The van der Waals surface area contributed by atoms with Crippen molar-refractivity contribution in [3.63, 3.8) is 0 Å². The van der Waals surface area contributed by atoms with Crippen LogP contribution in [0.5, 0.6) is 5.75 Å². The van der Waals surface area contributed by atoms with Crippen LogP contribution in [0, 0.1) is 13.8 Å². The standard InChI is InChI=1S/C25H32N2O4S/c1-19-10-11-20(2)23(18-19)31-21-12-16-26(17-13-21)25(28)22-8-4-5-9-24(22)32(29,30)27-14-6-3-7-15-27/h4-5,8-11,18,21H,3,6-7,12-17H2,1-2H3. The number of nitrogens with zero attached hydrogens (tertiary/aromatic N) is 2. The lowest BCUT2D eigenvalue weighted by atomic mass is 10.1. The number of benzene rings is 2. The smallest absolute Gasteiger partial charge is 0.255 e. The third kappa shape index (κ3) is 4.84. The summed E-state index contributed by atoms with van der Waals surface area (Å²) in [4.78, 5) is 15.2. The van der Waals surface area contributed by atoms with Gasteiger partial charge >= 0.3 is 0 Å². The van der Waals surface area contributed by atoms with Crippen molar-refractivity contribution in [1.29, 1.82) is 0 Å². The van der Waals surface area contributed by atoms with Gasteiger partial charge in [-0.3, -0.25) is 4.79 Å². The maximum absolute atomic E-state index is 13.3. The van der Waals surface area contributed by atoms with Crippen molar-refractivity contribution in [3.8, 4) is 5.75 Å². The second-order valence-corrected chi connectivity index (χ2v) is 10.7. The predicted molar refractivity (Wildman–Crippen MR) is 125 cm³/mol. The van der Waals surface area contributed by atoms with Gasteiger partial charge in [0.1, 0.15) is 11.9 Å². The van der Waals surface area contributed by atoms with Gasteiger partial charge in [-0.2, -0.15) is 4.31 Å². The first-order chi connectivity index (χ1) is 15.4. The van der Waals surface area contributed by atoms with Gasteiger partial charge in [0.2, 0.25) is 10.0 Å². The highest BCUT2D eigenvalue weighted by Gasteiger charge is 2.32. The number of aryl methyl sites for hydroxylation is 2. The largest absolute Gasteiger partial charge is 0.490 e. The number of piperidine rings is 2. The van der Waals surface area contributed by atoms with E-state index in [1.54, 1.807) is 29.2 Å². The van der Waals surface area contributed by atoms with Gasteiger partial charge in [0.15, 0.2) is 0 Å². The molecule has 6 nitrogen and oxygen atoms in total. The van der Waals surface area contributed by atoms with Crippen molar-refractivity contribution in [2.24, 2.45) is 0 Å². The van der Waals surface area contributed by atoms with Crippen molar-refractivity contribution in [1.82, 2.24) is 9.21 Å². The van der Waals surface area contributed by atoms with Crippen molar-refractivity contribution >= 4 is 15.9 Å². The molecule has 2 aliphatic rings. The second-order valence-electron chi connectivity index (χ2n) is 8.84. The van der Waals surface area contributed by atoms with E-state index in [9.17, 15) is 13.2 Å². The second kappa shape index (κ2) is 9.63. The van der Waals surface area contributed by atoms with Crippen molar-refractivity contribution < 1.29 is 17.9 Å². The van der Waals surface area contributed by atoms with Crippen LogP contribution in [-0.4, -0.2) is 55.8 Å². The Bertz CT molecular complexity index is 1070. The summed E-state index contributed by atoms with van der Waals surface area (Å²) in [5.74, 6) is 0.680. The summed E-state index contributed by atoms with van der Waals surface area (Å²) in [6, 6.07) is 12.8. The molecular formula is C25H32N2O4S. The highest BCUT2D eigenvalue weighted by Crippen LogP contribution is 2.27. The van der Waals surface area contributed by atoms with Crippen LogP contribution in [0.1, 0.15) is 53.6 Å². The molecule has 0 aromatic heterocycles. The van der Waals surface area contributed by atoms with Gasteiger partial charge < -0.3 is 9.64 Å². The van der Waals surface area contributed by atoms with Crippen LogP contribution in [0.2, 0.25) is 0 Å². The first-order valence-corrected chi connectivity index (χ1v) is 12.9. The van der Waals surface area contributed by atoms with Gasteiger partial charge in [-0.15, -0.1) is 0 Å². The van der Waals surface area contributed by atoms with Crippen LogP contribution in [0.4, 0.5) is 0 Å². The summed E-state index contributed by atoms with van der Waals surface area (Å²) in [5.41, 5.74) is 2.53. The summed E-state index contributed by atoms with van der Waals surface area (Å²) in [6.07, 6.45) is 4.27. The van der Waals surface area contributed by atoms with E-state index in [-0.39, 0.29) is 22.5 Å². The van der Waals surface area contributed by atoms with Gasteiger partial charge in [0.25, 0.3) is 5.91 Å². The van der Waals surface area contributed by atoms with Gasteiger partial charge in [-0.1, -0.05) is 30.7 Å². The van der Waals surface area contributed by atoms with Gasteiger partial charge in [-0.25, -0.2) is 8.42 Å². The van der Waals surface area contributed by atoms with Crippen molar-refractivity contribution in [2.45, 2.75) is 57.0 Å². The van der Waals surface area contributed by atoms with Crippen LogP contribution in [0.15, 0.2) is 47.4 Å². The van der Waals surface area contributed by atoms with Crippen LogP contribution in [-0.2, 0) is 10.0 Å². The van der Waals surface area contributed by atoms with E-state index in [1.165, 1.54) is 4.31 Å². The van der Waals surface area contributed by atoms with Crippen LogP contribution in [0.3, 0.4) is 0 Å². The Labute approximate surface area is 191 Å². The molecule has 2 fully saturated rings. The third-order valence-corrected chi connectivity index (χ3v) is 8.37. The Balaban J connectivity index is 1.45. The van der Waals surface area contributed by atoms with E-state index < -0.39 is 10.0 Å². The molecule has 0 saturated carbocycles. The fourth-order valence-corrected chi connectivity index (χ4v) is 6.17. The molecule has 32 heavy (non-hydrogen) atoms. The molecule has 0 radical (unpaired) electrons. The molecule has 7 heteroatoms. The fourth-order valence-electron chi connectivity index (χ4n) is 4.47. The molecule has 0 N–H and O–H groups in total. The highest BCUT2D eigenvalue weighted by molar-refractivity contribution is 7.89. The van der Waals surface area contributed by atoms with E-state index in [0.29, 0.717) is 26.2 Å². The summed E-state index contributed by atoms with van der Waals surface area (Å²) in [5, 5.41) is 0. The maximum atomic E-state index is 13.3. The molecule has 0 atom stereocenters. The van der Waals surface area contributed by atoms with Crippen molar-refractivity contribution in [2.75, 3.05) is 26.2 Å². The summed E-state index contributed by atoms with van der Waals surface area (Å²) < 4.78 is 34.2. The number of ether oxygens (including phenoxy) is 1. The molecule has 2 aliphatic heterocycles. The van der Waals surface area contributed by atoms with Crippen LogP contribution < -0.4 is 4.74 Å². The lowest BCUT2D eigenvalue weighted by Crippen LogP contribution is -2.43. The third-order valence-electron chi connectivity index (χ3n) is 6.42. The topological polar surface area (TPSA) is 66.9 Å². The lowest BCUT2D eigenvalue weighted by Gasteiger charge is -2.33. The maximum Gasteiger partial charge on any atom is 0.255 e. The van der Waals surface area contributed by atoms with E-state index in [4.69, 9.17) is 4.74 Å². The minimum Gasteiger partial charge on any atom is -0.490 e. The summed E-state index contributed by atoms with van der Waals surface area (Å²) in [6.45, 7) is 6.22. The Morgan fingerprint density at radius 2 is 1.62 bits per heavy atom. The summed E-state index contributed by atoms with van der Waals surface area (Å²) >= 11 is 0. The minimum atomic E-state index is -3.68. The number of hydrogen-bond donors (Lipinski definition) is 0. The van der Waals surface area contributed by atoms with Crippen LogP contribution >= 0.6 is 0 Å². The molecule has 4 rings (SSSR count). The first-order valence-electron chi connectivity index (χ1n) is 11.5. The van der Waals surface area contributed by atoms with Gasteiger partial charge in [-0.05, 0) is 56.0 Å². The molecule has 2 heterocycles. The zero-order valence-electron chi connectivity index (χ0n) is 18.9. The van der Waals surface area contributed by atoms with E-state index >= 15 is 0 Å². The van der Waals surface area contributed by atoms with E-state index in [2.05, 4.69) is 18.2 Å². The normalized spacial score (nSPS) is 18.5. The number of hydrogen-bond acceptors (Lipinski definition) is 4. The molecular weight excluding hydrogens is 424 g/mol. The Morgan fingerprint density at radius 1 is 0.938 bits per heavy atom. The first kappa shape index (κ1) is 22.8. The van der Waals surface area contributed by atoms with Crippen LogP contribution in [0.25, 0.3) is 0 Å². The molecule has 172 valence electrons. The highest BCUT2D eigenvalue weighted by atomic mass is 32.2. The number of likely N-dealkylation sites (tertiary alicyclic amines) is 1. The zero-order chi connectivity index (χ0) is 22.7. The zero-order valence-corrected chi connectivity index (χ0v) is 19.7. The molecule has 2 saturated heterocycles. The number of carbonyl (C=O) groups excluding carboxylic acids is 1. The fraction of sp³-hybridized carbons (Fsp3) is 0.480. The monoisotopic (exact) mass is 456 g/mol. The molecule has 0 aliphatic carbocycles. The van der Waals surface area contributed by atoms with Crippen molar-refractivity contribution in [3.05, 3.63) is 59.2 Å². The Morgan fingerprint density at radius 3 is 2.34 bits per heavy atom. The summed E-state index contributed by atoms with van der Waals surface area (Å²) in [7, 11) is -3.68. The SMILES string of the molecule is Cc1ccc(C)c(OC2CCN(C(=O)c3ccccc3S(=O)(=O)N3CCCCC3)CC2)c1. The number of sulfonamides is 1. The quantitative estimate of drug-likeness (QED) is 0.678. The molecule has 0 bridgehead atoms. The molecule has 2 aromatic carbocycles. The lowest BCUT2D eigenvalue weighted by molar-refractivity contribution is 0.0590. The number of carbonyl (C=O) groups is 1. The number of rotatable bonds is 5.